The number of hydrogen-bond donors (Lipinski definition) is 1. The van der Waals surface area contributed by atoms with Gasteiger partial charge in [-0.3, -0.25) is 9.89 Å². The summed E-state index contributed by atoms with van der Waals surface area (Å²) in [6.45, 7) is 11.6. The molecule has 5 heteroatoms. The van der Waals surface area contributed by atoms with E-state index in [9.17, 15) is 0 Å². The molecule has 0 aromatic rings. The summed E-state index contributed by atoms with van der Waals surface area (Å²) in [4.78, 5) is 9.96. The summed E-state index contributed by atoms with van der Waals surface area (Å²) in [7, 11) is 0. The lowest BCUT2D eigenvalue weighted by Gasteiger charge is -2.33. The molecule has 0 radical (unpaired) electrons. The summed E-state index contributed by atoms with van der Waals surface area (Å²) >= 11 is 0. The van der Waals surface area contributed by atoms with Gasteiger partial charge in [0, 0.05) is 45.8 Å². The van der Waals surface area contributed by atoms with Crippen LogP contribution in [0.1, 0.15) is 51.9 Å². The van der Waals surface area contributed by atoms with Crippen LogP contribution in [0.3, 0.4) is 0 Å². The van der Waals surface area contributed by atoms with Gasteiger partial charge in [-0.1, -0.05) is 19.3 Å². The lowest BCUT2D eigenvalue weighted by molar-refractivity contribution is 0.0377. The highest BCUT2D eigenvalue weighted by Crippen LogP contribution is 2.43. The van der Waals surface area contributed by atoms with Crippen molar-refractivity contribution in [3.8, 4) is 0 Å². The molecule has 0 atom stereocenters. The number of aliphatic imine (C=N–C) groups is 1. The van der Waals surface area contributed by atoms with E-state index < -0.39 is 0 Å². The summed E-state index contributed by atoms with van der Waals surface area (Å²) in [6, 6.07) is 0. The predicted octanol–water partition coefficient (Wildman–Crippen LogP) is 2.33. The Morgan fingerprint density at radius 1 is 1.08 bits per heavy atom. The van der Waals surface area contributed by atoms with Gasteiger partial charge in [-0.15, -0.1) is 0 Å². The van der Waals surface area contributed by atoms with Gasteiger partial charge in [0.1, 0.15) is 0 Å². The third kappa shape index (κ3) is 4.85. The van der Waals surface area contributed by atoms with Crippen molar-refractivity contribution in [1.82, 2.24) is 15.1 Å². The second-order valence-electron chi connectivity index (χ2n) is 7.78. The number of guanidine groups is 1. The van der Waals surface area contributed by atoms with E-state index in [4.69, 9.17) is 9.73 Å². The zero-order chi connectivity index (χ0) is 16.7. The van der Waals surface area contributed by atoms with Crippen molar-refractivity contribution in [2.24, 2.45) is 10.4 Å². The molecule has 138 valence electrons. The van der Waals surface area contributed by atoms with E-state index in [1.165, 1.54) is 51.6 Å². The van der Waals surface area contributed by atoms with Crippen molar-refractivity contribution in [3.05, 3.63) is 0 Å². The minimum atomic E-state index is 0.599. The number of nitrogens with one attached hydrogen (secondary N) is 1. The monoisotopic (exact) mass is 336 g/mol. The average molecular weight is 337 g/mol. The molecule has 2 saturated heterocycles. The van der Waals surface area contributed by atoms with Gasteiger partial charge >= 0.3 is 0 Å². The van der Waals surface area contributed by atoms with Crippen LogP contribution in [0.5, 0.6) is 0 Å². The summed E-state index contributed by atoms with van der Waals surface area (Å²) < 4.78 is 5.41. The van der Waals surface area contributed by atoms with Crippen LogP contribution in [0.2, 0.25) is 0 Å². The molecule has 1 saturated carbocycles. The summed E-state index contributed by atoms with van der Waals surface area (Å²) in [6.07, 6.45) is 9.68. The van der Waals surface area contributed by atoms with Gasteiger partial charge in [-0.25, -0.2) is 0 Å². The first-order valence-corrected chi connectivity index (χ1v) is 10.1. The van der Waals surface area contributed by atoms with Crippen LogP contribution < -0.4 is 5.32 Å². The zero-order valence-corrected chi connectivity index (χ0v) is 15.6. The Balaban J connectivity index is 1.46. The molecule has 1 N–H and O–H groups in total. The maximum atomic E-state index is 5.41. The van der Waals surface area contributed by atoms with Gasteiger partial charge < -0.3 is 15.0 Å². The number of hydrogen-bond acceptors (Lipinski definition) is 3. The molecule has 1 aliphatic carbocycles. The van der Waals surface area contributed by atoms with Crippen molar-refractivity contribution in [1.29, 1.82) is 0 Å². The van der Waals surface area contributed by atoms with Gasteiger partial charge in [0.2, 0.25) is 0 Å². The molecule has 0 bridgehead atoms. The predicted molar refractivity (Wildman–Crippen MR) is 99.6 cm³/mol. The van der Waals surface area contributed by atoms with Crippen molar-refractivity contribution in [2.45, 2.75) is 51.9 Å². The van der Waals surface area contributed by atoms with E-state index in [1.807, 2.05) is 0 Å². The van der Waals surface area contributed by atoms with Crippen molar-refractivity contribution < 1.29 is 4.74 Å². The van der Waals surface area contributed by atoms with Crippen LogP contribution in [0.4, 0.5) is 0 Å². The third-order valence-electron chi connectivity index (χ3n) is 5.98. The molecule has 2 heterocycles. The van der Waals surface area contributed by atoms with Crippen LogP contribution in [-0.2, 0) is 4.74 Å². The Morgan fingerprint density at radius 2 is 1.88 bits per heavy atom. The Labute approximate surface area is 147 Å². The maximum absolute atomic E-state index is 5.41. The van der Waals surface area contributed by atoms with E-state index in [-0.39, 0.29) is 0 Å². The second-order valence-corrected chi connectivity index (χ2v) is 7.78. The second kappa shape index (κ2) is 9.04. The lowest BCUT2D eigenvalue weighted by Crippen LogP contribution is -2.42. The Bertz CT molecular complexity index is 400. The average Bonchev–Trinajstić information content (AvgIpc) is 3.02. The first-order valence-electron chi connectivity index (χ1n) is 10.1. The van der Waals surface area contributed by atoms with E-state index in [0.29, 0.717) is 5.41 Å². The maximum Gasteiger partial charge on any atom is 0.193 e. The molecule has 0 aromatic heterocycles. The van der Waals surface area contributed by atoms with Gasteiger partial charge in [-0.05, 0) is 38.0 Å². The third-order valence-corrected chi connectivity index (χ3v) is 5.98. The van der Waals surface area contributed by atoms with Crippen LogP contribution in [0.15, 0.2) is 4.99 Å². The van der Waals surface area contributed by atoms with E-state index in [1.54, 1.807) is 0 Å². The first kappa shape index (κ1) is 18.0. The van der Waals surface area contributed by atoms with Gasteiger partial charge in [0.25, 0.3) is 0 Å². The Hall–Kier alpha value is -0.810. The van der Waals surface area contributed by atoms with Crippen molar-refractivity contribution in [2.75, 3.05) is 59.0 Å². The molecule has 0 aromatic carbocycles. The fraction of sp³-hybridized carbons (Fsp3) is 0.947. The SMILES string of the molecule is CCNC(=NCCCN1CCOCC1)N1CCC2(CCCCC2)C1. The number of nitrogens with zero attached hydrogens (tertiary/aromatic N) is 3. The topological polar surface area (TPSA) is 40.1 Å². The van der Waals surface area contributed by atoms with E-state index in [0.717, 1.165) is 58.3 Å². The molecule has 0 unspecified atom stereocenters. The smallest absolute Gasteiger partial charge is 0.193 e. The molecule has 5 nitrogen and oxygen atoms in total. The minimum Gasteiger partial charge on any atom is -0.379 e. The van der Waals surface area contributed by atoms with Gasteiger partial charge in [0.15, 0.2) is 5.96 Å². The number of likely N-dealkylation sites (tertiary alicyclic amines) is 1. The van der Waals surface area contributed by atoms with Gasteiger partial charge in [-0.2, -0.15) is 0 Å². The molecule has 2 aliphatic heterocycles. The Kier molecular flexibility index (Phi) is 6.78. The highest BCUT2D eigenvalue weighted by atomic mass is 16.5. The molecular formula is C19H36N4O. The zero-order valence-electron chi connectivity index (χ0n) is 15.6. The fourth-order valence-electron chi connectivity index (χ4n) is 4.56. The highest BCUT2D eigenvalue weighted by Gasteiger charge is 2.39. The van der Waals surface area contributed by atoms with Crippen molar-refractivity contribution in [3.63, 3.8) is 0 Å². The molecule has 0 amide bonds. The number of rotatable bonds is 5. The fourth-order valence-corrected chi connectivity index (χ4v) is 4.56. The normalized spacial score (nSPS) is 25.4. The van der Waals surface area contributed by atoms with Crippen molar-refractivity contribution >= 4 is 5.96 Å². The van der Waals surface area contributed by atoms with Crippen LogP contribution in [0.25, 0.3) is 0 Å². The summed E-state index contributed by atoms with van der Waals surface area (Å²) in [5.41, 5.74) is 0.599. The minimum absolute atomic E-state index is 0.599. The van der Waals surface area contributed by atoms with Gasteiger partial charge in [0.05, 0.1) is 13.2 Å². The number of ether oxygens (including phenoxy) is 1. The molecule has 24 heavy (non-hydrogen) atoms. The molecule has 1 spiro atoms. The summed E-state index contributed by atoms with van der Waals surface area (Å²) in [5.74, 6) is 1.15. The molecular weight excluding hydrogens is 300 g/mol. The molecule has 3 rings (SSSR count). The molecule has 3 aliphatic rings. The first-order chi connectivity index (χ1) is 11.8. The Morgan fingerprint density at radius 3 is 2.62 bits per heavy atom. The van der Waals surface area contributed by atoms with E-state index >= 15 is 0 Å². The summed E-state index contributed by atoms with van der Waals surface area (Å²) in [5, 5.41) is 3.53. The molecule has 3 fully saturated rings. The van der Waals surface area contributed by atoms with Crippen LogP contribution in [-0.4, -0.2) is 74.8 Å². The van der Waals surface area contributed by atoms with Crippen LogP contribution >= 0.6 is 0 Å². The largest absolute Gasteiger partial charge is 0.379 e. The number of morpholine rings is 1. The van der Waals surface area contributed by atoms with Crippen LogP contribution in [0, 0.1) is 5.41 Å². The highest BCUT2D eigenvalue weighted by molar-refractivity contribution is 5.80. The lowest BCUT2D eigenvalue weighted by atomic mass is 9.73. The standard InChI is InChI=1S/C19H36N4O/c1-2-20-18(21-10-6-11-22-13-15-24-16-14-22)23-12-9-19(17-23)7-4-3-5-8-19/h2-17H2,1H3,(H,20,21). The van der Waals surface area contributed by atoms with E-state index in [2.05, 4.69) is 22.0 Å². The quantitative estimate of drug-likeness (QED) is 0.475.